The predicted octanol–water partition coefficient (Wildman–Crippen LogP) is -0.972. The van der Waals surface area contributed by atoms with Crippen LogP contribution in [0.15, 0.2) is 10.2 Å². The molecule has 7 nitrogen and oxygen atoms in total. The number of hydrogen-bond donors (Lipinski definition) is 5. The van der Waals surface area contributed by atoms with Crippen molar-refractivity contribution in [3.63, 3.8) is 0 Å². The Kier molecular flexibility index (Phi) is 4.90. The fourth-order valence-electron chi connectivity index (χ4n) is 0.308. The summed E-state index contributed by atoms with van der Waals surface area (Å²) in [6, 6.07) is 0. The highest BCUT2D eigenvalue weighted by molar-refractivity contribution is 6.16. The minimum Gasteiger partial charge on any atom is -0.369 e. The Bertz CT molecular complexity index is 192. The van der Waals surface area contributed by atoms with Gasteiger partial charge in [-0.05, 0) is 6.92 Å². The lowest BCUT2D eigenvalue weighted by Crippen LogP contribution is -2.25. The van der Waals surface area contributed by atoms with Gasteiger partial charge >= 0.3 is 0 Å². The zero-order valence-electron chi connectivity index (χ0n) is 6.63. The van der Waals surface area contributed by atoms with E-state index >= 15 is 0 Å². The Balaban J connectivity index is 3.52. The van der Waals surface area contributed by atoms with E-state index in [9.17, 15) is 0 Å². The number of hydrazone groups is 2. The van der Waals surface area contributed by atoms with Crippen LogP contribution in [-0.4, -0.2) is 24.2 Å². The second-order valence-electron chi connectivity index (χ2n) is 1.82. The molecule has 0 fully saturated rings. The lowest BCUT2D eigenvalue weighted by atomic mass is 10.7. The molecule has 0 saturated heterocycles. The molecule has 0 saturated carbocycles. The molecular weight excluding hydrogens is 158 g/mol. The molecule has 0 bridgehead atoms. The van der Waals surface area contributed by atoms with Gasteiger partial charge in [-0.3, -0.25) is 16.2 Å². The minimum atomic E-state index is -0.240. The highest BCUT2D eigenvalue weighted by Crippen LogP contribution is 1.59. The van der Waals surface area contributed by atoms with E-state index in [2.05, 4.69) is 21.1 Å². The van der Waals surface area contributed by atoms with Crippen molar-refractivity contribution >= 4 is 24.2 Å². The van der Waals surface area contributed by atoms with Crippen molar-refractivity contribution in [1.29, 1.82) is 10.8 Å². The second kappa shape index (κ2) is 5.83. The Hall–Kier alpha value is -1.92. The van der Waals surface area contributed by atoms with Gasteiger partial charge in [0, 0.05) is 0 Å². The summed E-state index contributed by atoms with van der Waals surface area (Å²) in [5, 5.41) is 20.7. The molecule has 0 unspecified atom stereocenters. The van der Waals surface area contributed by atoms with Crippen molar-refractivity contribution in [1.82, 2.24) is 10.9 Å². The first kappa shape index (κ1) is 10.1. The van der Waals surface area contributed by atoms with Crippen molar-refractivity contribution < 1.29 is 0 Å². The quantitative estimate of drug-likeness (QED) is 0.212. The van der Waals surface area contributed by atoms with Crippen molar-refractivity contribution in [3.05, 3.63) is 0 Å². The molecule has 0 aromatic carbocycles. The zero-order chi connectivity index (χ0) is 9.40. The van der Waals surface area contributed by atoms with Gasteiger partial charge in [0.05, 0.1) is 12.4 Å². The van der Waals surface area contributed by atoms with Crippen LogP contribution in [0.25, 0.3) is 0 Å². The molecule has 0 rings (SSSR count). The van der Waals surface area contributed by atoms with Gasteiger partial charge in [-0.15, -0.1) is 0 Å². The highest BCUT2D eigenvalue weighted by Gasteiger charge is 1.77. The van der Waals surface area contributed by atoms with Crippen LogP contribution in [0.2, 0.25) is 0 Å². The molecule has 0 spiro atoms. The van der Waals surface area contributed by atoms with Gasteiger partial charge in [0.1, 0.15) is 5.84 Å². The maximum Gasteiger partial charge on any atom is 0.206 e. The molecule has 0 aliphatic heterocycles. The fraction of sp³-hybridized carbons (Fsp3) is 0.200. The van der Waals surface area contributed by atoms with Crippen molar-refractivity contribution in [3.8, 4) is 0 Å². The smallest absolute Gasteiger partial charge is 0.206 e. The Labute approximate surface area is 69.7 Å². The molecule has 0 atom stereocenters. The largest absolute Gasteiger partial charge is 0.369 e. The van der Waals surface area contributed by atoms with Crippen LogP contribution >= 0.6 is 0 Å². The van der Waals surface area contributed by atoms with Gasteiger partial charge in [-0.2, -0.15) is 10.2 Å². The number of amidine groups is 1. The highest BCUT2D eigenvalue weighted by atomic mass is 15.3. The SMILES string of the molecule is CC(=N)N/N=C\C=N/NC(=N)N. The first-order valence-corrected chi connectivity index (χ1v) is 3.09. The number of nitrogens with two attached hydrogens (primary N) is 1. The molecule has 7 heteroatoms. The molecule has 12 heavy (non-hydrogen) atoms. The van der Waals surface area contributed by atoms with Crippen LogP contribution in [0.4, 0.5) is 0 Å². The lowest BCUT2D eigenvalue weighted by molar-refractivity contribution is 0.999. The average molecular weight is 169 g/mol. The first-order chi connectivity index (χ1) is 5.63. The lowest BCUT2D eigenvalue weighted by Gasteiger charge is -1.92. The molecule has 0 aromatic heterocycles. The summed E-state index contributed by atoms with van der Waals surface area (Å²) in [5.74, 6) is -0.00461. The zero-order valence-corrected chi connectivity index (χ0v) is 6.63. The van der Waals surface area contributed by atoms with Crippen LogP contribution in [0.3, 0.4) is 0 Å². The third kappa shape index (κ3) is 8.08. The standard InChI is InChI=1S/C5H11N7/c1-4(6)11-9-2-3-10-12-5(7)8/h2-3H,1H3,(H2,6,11)(H4,7,8,12)/b9-2-,10-3-. The predicted molar refractivity (Wildman–Crippen MR) is 48.6 cm³/mol. The maximum absolute atomic E-state index is 6.90. The molecule has 0 amide bonds. The molecular formula is C5H11N7. The van der Waals surface area contributed by atoms with Crippen molar-refractivity contribution in [2.45, 2.75) is 6.92 Å². The van der Waals surface area contributed by atoms with E-state index in [-0.39, 0.29) is 11.8 Å². The summed E-state index contributed by atoms with van der Waals surface area (Å²) in [6.07, 6.45) is 2.63. The number of hydrogen-bond acceptors (Lipinski definition) is 4. The monoisotopic (exact) mass is 169 g/mol. The molecule has 66 valence electrons. The second-order valence-corrected chi connectivity index (χ2v) is 1.82. The van der Waals surface area contributed by atoms with Gasteiger partial charge < -0.3 is 5.73 Å². The fourth-order valence-corrected chi connectivity index (χ4v) is 0.308. The van der Waals surface area contributed by atoms with Gasteiger partial charge in [0.25, 0.3) is 0 Å². The maximum atomic E-state index is 6.90. The van der Waals surface area contributed by atoms with E-state index in [4.69, 9.17) is 16.6 Å². The summed E-state index contributed by atoms with van der Waals surface area (Å²) in [4.78, 5) is 0. The van der Waals surface area contributed by atoms with Crippen LogP contribution in [-0.2, 0) is 0 Å². The molecule has 0 aliphatic rings. The van der Waals surface area contributed by atoms with E-state index < -0.39 is 0 Å². The number of guanidine groups is 1. The van der Waals surface area contributed by atoms with Gasteiger partial charge in [-0.1, -0.05) is 0 Å². The summed E-state index contributed by atoms with van der Waals surface area (Å²) >= 11 is 0. The van der Waals surface area contributed by atoms with Crippen LogP contribution in [0, 0.1) is 10.8 Å². The van der Waals surface area contributed by atoms with Crippen molar-refractivity contribution in [2.24, 2.45) is 15.9 Å². The molecule has 0 aliphatic carbocycles. The number of nitrogens with zero attached hydrogens (tertiary/aromatic N) is 2. The van der Waals surface area contributed by atoms with Crippen molar-refractivity contribution in [2.75, 3.05) is 0 Å². The summed E-state index contributed by atoms with van der Waals surface area (Å²) in [5.41, 5.74) is 9.49. The van der Waals surface area contributed by atoms with E-state index in [0.717, 1.165) is 0 Å². The Morgan fingerprint density at radius 3 is 2.17 bits per heavy atom. The Morgan fingerprint density at radius 1 is 1.25 bits per heavy atom. The first-order valence-electron chi connectivity index (χ1n) is 3.09. The number of rotatable bonds is 3. The third-order valence-corrected chi connectivity index (χ3v) is 0.633. The van der Waals surface area contributed by atoms with Gasteiger partial charge in [0.2, 0.25) is 5.96 Å². The molecule has 0 radical (unpaired) electrons. The molecule has 0 heterocycles. The van der Waals surface area contributed by atoms with E-state index in [1.54, 1.807) is 6.92 Å². The van der Waals surface area contributed by atoms with E-state index in [1.807, 2.05) is 0 Å². The third-order valence-electron chi connectivity index (χ3n) is 0.633. The molecule has 6 N–H and O–H groups in total. The van der Waals surface area contributed by atoms with Crippen LogP contribution in [0.5, 0.6) is 0 Å². The summed E-state index contributed by atoms with van der Waals surface area (Å²) in [7, 11) is 0. The van der Waals surface area contributed by atoms with Crippen LogP contribution in [0.1, 0.15) is 6.92 Å². The van der Waals surface area contributed by atoms with E-state index in [1.165, 1.54) is 12.4 Å². The average Bonchev–Trinajstić information content (AvgIpc) is 1.95. The summed E-state index contributed by atoms with van der Waals surface area (Å²) < 4.78 is 0. The topological polar surface area (TPSA) is 122 Å². The Morgan fingerprint density at radius 2 is 1.75 bits per heavy atom. The van der Waals surface area contributed by atoms with Gasteiger partial charge in [-0.25, -0.2) is 5.43 Å². The van der Waals surface area contributed by atoms with E-state index in [0.29, 0.717) is 0 Å². The number of nitrogens with one attached hydrogen (secondary N) is 4. The molecule has 0 aromatic rings. The summed E-state index contributed by atoms with van der Waals surface area (Å²) in [6.45, 7) is 1.56. The normalized spacial score (nSPS) is 10.4. The minimum absolute atomic E-state index is 0.235. The van der Waals surface area contributed by atoms with Crippen LogP contribution < -0.4 is 16.6 Å². The van der Waals surface area contributed by atoms with Gasteiger partial charge in [0.15, 0.2) is 0 Å².